The molecule has 27 heavy (non-hydrogen) atoms. The molecular formula is C20H18ClN3O3. The zero-order chi connectivity index (χ0) is 19.7. The van der Waals surface area contributed by atoms with E-state index in [2.05, 4.69) is 5.10 Å². The summed E-state index contributed by atoms with van der Waals surface area (Å²) >= 11 is 5.90. The Morgan fingerprint density at radius 2 is 1.85 bits per heavy atom. The molecule has 1 aliphatic heterocycles. The summed E-state index contributed by atoms with van der Waals surface area (Å²) in [7, 11) is 3.92. The third kappa shape index (κ3) is 3.71. The largest absolute Gasteiger partial charge is 0.478 e. The number of carbonyl (C=O) groups is 2. The monoisotopic (exact) mass is 383 g/mol. The molecule has 1 N–H and O–H groups in total. The van der Waals surface area contributed by atoms with Gasteiger partial charge in [0.2, 0.25) is 0 Å². The highest BCUT2D eigenvalue weighted by atomic mass is 35.5. The summed E-state index contributed by atoms with van der Waals surface area (Å²) in [6.45, 7) is 1.74. The highest BCUT2D eigenvalue weighted by molar-refractivity contribution is 6.34. The molecule has 2 aromatic rings. The Morgan fingerprint density at radius 3 is 2.44 bits per heavy atom. The Bertz CT molecular complexity index is 978. The van der Waals surface area contributed by atoms with Crippen LogP contribution in [-0.4, -0.2) is 36.8 Å². The van der Waals surface area contributed by atoms with Crippen LogP contribution in [0.15, 0.2) is 53.1 Å². The number of amides is 1. The van der Waals surface area contributed by atoms with E-state index in [4.69, 9.17) is 11.6 Å². The molecule has 1 heterocycles. The second kappa shape index (κ2) is 7.25. The van der Waals surface area contributed by atoms with Gasteiger partial charge < -0.3 is 10.0 Å². The molecule has 0 saturated carbocycles. The van der Waals surface area contributed by atoms with Crippen LogP contribution < -0.4 is 9.91 Å². The first-order valence-corrected chi connectivity index (χ1v) is 8.57. The van der Waals surface area contributed by atoms with Crippen molar-refractivity contribution in [3.63, 3.8) is 0 Å². The van der Waals surface area contributed by atoms with Crippen LogP contribution >= 0.6 is 11.6 Å². The first kappa shape index (κ1) is 18.7. The van der Waals surface area contributed by atoms with Crippen molar-refractivity contribution in [2.45, 2.75) is 6.92 Å². The van der Waals surface area contributed by atoms with Crippen molar-refractivity contribution < 1.29 is 14.7 Å². The summed E-state index contributed by atoms with van der Waals surface area (Å²) in [4.78, 5) is 26.1. The smallest absolute Gasteiger partial charge is 0.337 e. The summed E-state index contributed by atoms with van der Waals surface area (Å²) in [5.74, 6) is -1.48. The number of rotatable bonds is 4. The average molecular weight is 384 g/mol. The summed E-state index contributed by atoms with van der Waals surface area (Å²) in [5.41, 5.74) is 3.23. The fraction of sp³-hybridized carbons (Fsp3) is 0.150. The minimum Gasteiger partial charge on any atom is -0.478 e. The Hall–Kier alpha value is -3.12. The third-order valence-electron chi connectivity index (χ3n) is 4.21. The standard InChI is InChI=1S/C20H18ClN3O3/c1-12-16(10-13-4-6-14(7-5-13)23(2)3)19(25)24(22-12)15-8-9-18(21)17(11-15)20(26)27/h4-11H,1-3H3,(H,26,27)/b16-10+. The molecule has 0 unspecified atom stereocenters. The molecule has 3 rings (SSSR count). The van der Waals surface area contributed by atoms with Crippen molar-refractivity contribution in [2.75, 3.05) is 24.0 Å². The molecule has 0 aliphatic carbocycles. The number of carbonyl (C=O) groups excluding carboxylic acids is 1. The van der Waals surface area contributed by atoms with Crippen molar-refractivity contribution in [1.82, 2.24) is 0 Å². The van der Waals surface area contributed by atoms with E-state index in [0.717, 1.165) is 11.3 Å². The highest BCUT2D eigenvalue weighted by Gasteiger charge is 2.29. The van der Waals surface area contributed by atoms with E-state index in [0.29, 0.717) is 17.0 Å². The molecule has 0 radical (unpaired) electrons. The van der Waals surface area contributed by atoms with Crippen LogP contribution in [-0.2, 0) is 4.79 Å². The van der Waals surface area contributed by atoms with E-state index < -0.39 is 5.97 Å². The number of benzene rings is 2. The van der Waals surface area contributed by atoms with Crippen molar-refractivity contribution in [1.29, 1.82) is 0 Å². The second-order valence-electron chi connectivity index (χ2n) is 6.32. The van der Waals surface area contributed by atoms with Gasteiger partial charge in [-0.05, 0) is 48.9 Å². The first-order valence-electron chi connectivity index (χ1n) is 8.20. The van der Waals surface area contributed by atoms with Crippen LogP contribution in [0, 0.1) is 0 Å². The molecule has 0 spiro atoms. The molecule has 1 amide bonds. The van der Waals surface area contributed by atoms with Gasteiger partial charge >= 0.3 is 5.97 Å². The highest BCUT2D eigenvalue weighted by Crippen LogP contribution is 2.29. The molecule has 2 aromatic carbocycles. The van der Waals surface area contributed by atoms with E-state index >= 15 is 0 Å². The van der Waals surface area contributed by atoms with Crippen LogP contribution in [0.2, 0.25) is 5.02 Å². The zero-order valence-electron chi connectivity index (χ0n) is 15.1. The fourth-order valence-electron chi connectivity index (χ4n) is 2.70. The number of carboxylic acids is 1. The molecule has 6 nitrogen and oxygen atoms in total. The average Bonchev–Trinajstić information content (AvgIpc) is 2.90. The molecule has 0 fully saturated rings. The lowest BCUT2D eigenvalue weighted by molar-refractivity contribution is -0.114. The van der Waals surface area contributed by atoms with Gasteiger partial charge in [-0.3, -0.25) is 4.79 Å². The van der Waals surface area contributed by atoms with Gasteiger partial charge in [0.1, 0.15) is 0 Å². The Labute approximate surface area is 162 Å². The van der Waals surface area contributed by atoms with Gasteiger partial charge in [-0.15, -0.1) is 0 Å². The van der Waals surface area contributed by atoms with Gasteiger partial charge in [-0.1, -0.05) is 23.7 Å². The number of hydrazone groups is 1. The van der Waals surface area contributed by atoms with E-state index in [1.807, 2.05) is 43.3 Å². The summed E-state index contributed by atoms with van der Waals surface area (Å²) < 4.78 is 0. The maximum absolute atomic E-state index is 12.8. The number of carboxylic acid groups (broad SMARTS) is 1. The topological polar surface area (TPSA) is 73.2 Å². The lowest BCUT2D eigenvalue weighted by Gasteiger charge is -2.13. The maximum atomic E-state index is 12.8. The van der Waals surface area contributed by atoms with Crippen molar-refractivity contribution in [3.8, 4) is 0 Å². The third-order valence-corrected chi connectivity index (χ3v) is 4.54. The molecule has 0 saturated heterocycles. The Kier molecular flexibility index (Phi) is 5.01. The number of nitrogens with zero attached hydrogens (tertiary/aromatic N) is 3. The molecule has 138 valence electrons. The number of halogens is 1. The number of hydrogen-bond acceptors (Lipinski definition) is 4. The van der Waals surface area contributed by atoms with Crippen LogP contribution in [0.25, 0.3) is 6.08 Å². The van der Waals surface area contributed by atoms with Crippen molar-refractivity contribution in [3.05, 3.63) is 64.2 Å². The Morgan fingerprint density at radius 1 is 1.19 bits per heavy atom. The summed E-state index contributed by atoms with van der Waals surface area (Å²) in [6.07, 6.45) is 1.77. The van der Waals surface area contributed by atoms with Crippen molar-refractivity contribution in [2.24, 2.45) is 5.10 Å². The van der Waals surface area contributed by atoms with Crippen LogP contribution in [0.5, 0.6) is 0 Å². The number of aromatic carboxylic acids is 1. The van der Waals surface area contributed by atoms with Crippen molar-refractivity contribution >= 4 is 46.6 Å². The SMILES string of the molecule is CC1=NN(c2ccc(Cl)c(C(=O)O)c2)C(=O)/C1=C/c1ccc(N(C)C)cc1. The van der Waals surface area contributed by atoms with Gasteiger partial charge in [0.05, 0.1) is 27.6 Å². The van der Waals surface area contributed by atoms with Crippen LogP contribution in [0.3, 0.4) is 0 Å². The lowest BCUT2D eigenvalue weighted by Crippen LogP contribution is -2.21. The predicted molar refractivity (Wildman–Crippen MR) is 108 cm³/mol. The van der Waals surface area contributed by atoms with E-state index in [1.165, 1.54) is 17.1 Å². The molecule has 0 bridgehead atoms. The van der Waals surface area contributed by atoms with Gasteiger partial charge in [-0.2, -0.15) is 10.1 Å². The lowest BCUT2D eigenvalue weighted by atomic mass is 10.1. The number of hydrogen-bond donors (Lipinski definition) is 1. The van der Waals surface area contributed by atoms with Gasteiger partial charge in [0.25, 0.3) is 5.91 Å². The summed E-state index contributed by atoms with van der Waals surface area (Å²) in [5, 5.41) is 14.8. The van der Waals surface area contributed by atoms with E-state index in [1.54, 1.807) is 19.1 Å². The second-order valence-corrected chi connectivity index (χ2v) is 6.72. The normalized spacial score (nSPS) is 15.3. The minimum absolute atomic E-state index is 0.0773. The Balaban J connectivity index is 1.92. The van der Waals surface area contributed by atoms with Gasteiger partial charge in [0.15, 0.2) is 0 Å². The first-order chi connectivity index (χ1) is 12.8. The fourth-order valence-corrected chi connectivity index (χ4v) is 2.90. The number of anilines is 2. The maximum Gasteiger partial charge on any atom is 0.337 e. The zero-order valence-corrected chi connectivity index (χ0v) is 15.9. The predicted octanol–water partition coefficient (Wildman–Crippen LogP) is 3.91. The van der Waals surface area contributed by atoms with Gasteiger partial charge in [0, 0.05) is 19.8 Å². The molecule has 1 aliphatic rings. The van der Waals surface area contributed by atoms with Gasteiger partial charge in [-0.25, -0.2) is 4.79 Å². The van der Waals surface area contributed by atoms with E-state index in [9.17, 15) is 14.7 Å². The summed E-state index contributed by atoms with van der Waals surface area (Å²) in [6, 6.07) is 12.1. The molecule has 0 aromatic heterocycles. The van der Waals surface area contributed by atoms with Crippen LogP contribution in [0.4, 0.5) is 11.4 Å². The molecular weight excluding hydrogens is 366 g/mol. The van der Waals surface area contributed by atoms with Crippen LogP contribution in [0.1, 0.15) is 22.8 Å². The van der Waals surface area contributed by atoms with E-state index in [-0.39, 0.29) is 16.5 Å². The molecule has 7 heteroatoms. The quantitative estimate of drug-likeness (QED) is 0.812. The minimum atomic E-state index is -1.16. The molecule has 0 atom stereocenters.